The summed E-state index contributed by atoms with van der Waals surface area (Å²) in [6.07, 6.45) is 1.49. The maximum atomic E-state index is 11.3. The van der Waals surface area contributed by atoms with E-state index in [0.29, 0.717) is 12.2 Å². The van der Waals surface area contributed by atoms with Gasteiger partial charge < -0.3 is 14.8 Å². The molecule has 21 heavy (non-hydrogen) atoms. The predicted molar refractivity (Wildman–Crippen MR) is 79.1 cm³/mol. The molecule has 0 unspecified atom stereocenters. The third-order valence-electron chi connectivity index (χ3n) is 2.91. The van der Waals surface area contributed by atoms with Gasteiger partial charge >= 0.3 is 5.97 Å². The molecule has 0 bridgehead atoms. The van der Waals surface area contributed by atoms with Gasteiger partial charge in [-0.2, -0.15) is 0 Å². The highest BCUT2D eigenvalue weighted by Crippen LogP contribution is 2.15. The number of aromatic nitrogens is 1. The zero-order valence-electron chi connectivity index (χ0n) is 12.1. The molecule has 1 heterocycles. The molecule has 0 saturated heterocycles. The van der Waals surface area contributed by atoms with E-state index in [1.807, 2.05) is 31.3 Å². The second-order valence-electron chi connectivity index (χ2n) is 4.50. The van der Waals surface area contributed by atoms with Gasteiger partial charge in [0.15, 0.2) is 0 Å². The van der Waals surface area contributed by atoms with Crippen LogP contribution in [-0.4, -0.2) is 25.1 Å². The first kappa shape index (κ1) is 15.0. The third kappa shape index (κ3) is 4.29. The van der Waals surface area contributed by atoms with Crippen LogP contribution in [0.4, 0.5) is 0 Å². The smallest absolute Gasteiger partial charge is 0.339 e. The Bertz CT molecular complexity index is 597. The summed E-state index contributed by atoms with van der Waals surface area (Å²) in [5.41, 5.74) is 2.34. The van der Waals surface area contributed by atoms with E-state index in [4.69, 9.17) is 4.74 Å². The molecular formula is C16H18N2O3. The Morgan fingerprint density at radius 2 is 2.14 bits per heavy atom. The van der Waals surface area contributed by atoms with Gasteiger partial charge in [0.05, 0.1) is 18.4 Å². The monoisotopic (exact) mass is 286 g/mol. The summed E-state index contributed by atoms with van der Waals surface area (Å²) >= 11 is 0. The number of esters is 1. The van der Waals surface area contributed by atoms with E-state index in [-0.39, 0.29) is 0 Å². The van der Waals surface area contributed by atoms with Crippen LogP contribution in [0.1, 0.15) is 21.6 Å². The standard InChI is InChI=1S/C16H18N2O3/c1-17-9-12-4-3-5-15(8-12)21-11-14-7-6-13(10-18-14)16(19)20-2/h3-8,10,17H,9,11H2,1-2H3. The Labute approximate surface area is 123 Å². The lowest BCUT2D eigenvalue weighted by atomic mass is 10.2. The van der Waals surface area contributed by atoms with Crippen LogP contribution < -0.4 is 10.1 Å². The van der Waals surface area contributed by atoms with Crippen LogP contribution >= 0.6 is 0 Å². The van der Waals surface area contributed by atoms with Crippen LogP contribution in [0.5, 0.6) is 5.75 Å². The molecular weight excluding hydrogens is 268 g/mol. The van der Waals surface area contributed by atoms with E-state index < -0.39 is 5.97 Å². The van der Waals surface area contributed by atoms with Crippen LogP contribution in [0.2, 0.25) is 0 Å². The molecule has 2 rings (SSSR count). The molecule has 0 fully saturated rings. The molecule has 0 saturated carbocycles. The number of rotatable bonds is 6. The van der Waals surface area contributed by atoms with Crippen molar-refractivity contribution in [3.05, 3.63) is 59.4 Å². The van der Waals surface area contributed by atoms with Gasteiger partial charge in [-0.15, -0.1) is 0 Å². The molecule has 0 amide bonds. The summed E-state index contributed by atoms with van der Waals surface area (Å²) in [5.74, 6) is 0.399. The Morgan fingerprint density at radius 3 is 2.81 bits per heavy atom. The van der Waals surface area contributed by atoms with Gasteiger partial charge in [-0.05, 0) is 36.9 Å². The summed E-state index contributed by atoms with van der Waals surface area (Å²) in [4.78, 5) is 15.5. The quantitative estimate of drug-likeness (QED) is 0.825. The Balaban J connectivity index is 1.96. The molecule has 0 aliphatic rings. The number of carbonyl (C=O) groups is 1. The molecule has 5 heteroatoms. The van der Waals surface area contributed by atoms with Gasteiger partial charge in [0, 0.05) is 12.7 Å². The van der Waals surface area contributed by atoms with Gasteiger partial charge in [-0.25, -0.2) is 4.79 Å². The molecule has 0 aliphatic heterocycles. The predicted octanol–water partition coefficient (Wildman–Crippen LogP) is 2.17. The Kier molecular flexibility index (Phi) is 5.29. The largest absolute Gasteiger partial charge is 0.487 e. The first-order valence-corrected chi connectivity index (χ1v) is 6.62. The molecule has 1 N–H and O–H groups in total. The van der Waals surface area contributed by atoms with Gasteiger partial charge in [-0.3, -0.25) is 4.98 Å². The van der Waals surface area contributed by atoms with Crippen molar-refractivity contribution in [3.8, 4) is 5.75 Å². The molecule has 0 aliphatic carbocycles. The maximum Gasteiger partial charge on any atom is 0.339 e. The number of ether oxygens (including phenoxy) is 2. The SMILES string of the molecule is CNCc1cccc(OCc2ccc(C(=O)OC)cn2)c1. The van der Waals surface area contributed by atoms with Gasteiger partial charge in [0.1, 0.15) is 12.4 Å². The van der Waals surface area contributed by atoms with Crippen molar-refractivity contribution in [2.75, 3.05) is 14.2 Å². The van der Waals surface area contributed by atoms with E-state index in [0.717, 1.165) is 23.6 Å². The molecule has 1 aromatic carbocycles. The first-order valence-electron chi connectivity index (χ1n) is 6.62. The fraction of sp³-hybridized carbons (Fsp3) is 0.250. The molecule has 0 radical (unpaired) electrons. The lowest BCUT2D eigenvalue weighted by molar-refractivity contribution is 0.0600. The number of carbonyl (C=O) groups excluding carboxylic acids is 1. The number of methoxy groups -OCH3 is 1. The van der Waals surface area contributed by atoms with Crippen molar-refractivity contribution in [2.24, 2.45) is 0 Å². The second kappa shape index (κ2) is 7.40. The van der Waals surface area contributed by atoms with E-state index >= 15 is 0 Å². The highest BCUT2D eigenvalue weighted by molar-refractivity contribution is 5.88. The fourth-order valence-corrected chi connectivity index (χ4v) is 1.86. The molecule has 1 aromatic heterocycles. The van der Waals surface area contributed by atoms with Crippen LogP contribution in [0, 0.1) is 0 Å². The van der Waals surface area contributed by atoms with Gasteiger partial charge in [-0.1, -0.05) is 12.1 Å². The lowest BCUT2D eigenvalue weighted by Crippen LogP contribution is -2.06. The second-order valence-corrected chi connectivity index (χ2v) is 4.50. The number of pyridine rings is 1. The lowest BCUT2D eigenvalue weighted by Gasteiger charge is -2.08. The Hall–Kier alpha value is -2.40. The summed E-state index contributed by atoms with van der Waals surface area (Å²) in [7, 11) is 3.25. The number of hydrogen-bond donors (Lipinski definition) is 1. The zero-order chi connectivity index (χ0) is 15.1. The van der Waals surface area contributed by atoms with Gasteiger partial charge in [0.2, 0.25) is 0 Å². The topological polar surface area (TPSA) is 60.5 Å². The Morgan fingerprint density at radius 1 is 1.29 bits per heavy atom. The number of nitrogens with one attached hydrogen (secondary N) is 1. The van der Waals surface area contributed by atoms with Crippen LogP contribution in [0.3, 0.4) is 0 Å². The van der Waals surface area contributed by atoms with Crippen molar-refractivity contribution in [3.63, 3.8) is 0 Å². The molecule has 5 nitrogen and oxygen atoms in total. The summed E-state index contributed by atoms with van der Waals surface area (Å²) in [6.45, 7) is 1.15. The van der Waals surface area contributed by atoms with Crippen molar-refractivity contribution >= 4 is 5.97 Å². The molecule has 0 spiro atoms. The van der Waals surface area contributed by atoms with Crippen molar-refractivity contribution in [1.29, 1.82) is 0 Å². The van der Waals surface area contributed by atoms with E-state index in [9.17, 15) is 4.79 Å². The average molecular weight is 286 g/mol. The van der Waals surface area contributed by atoms with Crippen LogP contribution in [-0.2, 0) is 17.9 Å². The molecule has 110 valence electrons. The van der Waals surface area contributed by atoms with Gasteiger partial charge in [0.25, 0.3) is 0 Å². The van der Waals surface area contributed by atoms with E-state index in [2.05, 4.69) is 15.0 Å². The minimum atomic E-state index is -0.394. The summed E-state index contributed by atoms with van der Waals surface area (Å²) in [5, 5.41) is 3.10. The normalized spacial score (nSPS) is 10.2. The number of nitrogens with zero attached hydrogens (tertiary/aromatic N) is 1. The first-order chi connectivity index (χ1) is 10.2. The van der Waals surface area contributed by atoms with E-state index in [1.54, 1.807) is 12.1 Å². The minimum Gasteiger partial charge on any atom is -0.487 e. The fourth-order valence-electron chi connectivity index (χ4n) is 1.86. The van der Waals surface area contributed by atoms with E-state index in [1.165, 1.54) is 13.3 Å². The summed E-state index contributed by atoms with van der Waals surface area (Å²) < 4.78 is 10.3. The average Bonchev–Trinajstić information content (AvgIpc) is 2.53. The number of benzene rings is 1. The van der Waals surface area contributed by atoms with Crippen molar-refractivity contribution in [2.45, 2.75) is 13.2 Å². The van der Waals surface area contributed by atoms with Crippen molar-refractivity contribution in [1.82, 2.24) is 10.3 Å². The maximum absolute atomic E-state index is 11.3. The third-order valence-corrected chi connectivity index (χ3v) is 2.91. The van der Waals surface area contributed by atoms with Crippen LogP contribution in [0.15, 0.2) is 42.6 Å². The minimum absolute atomic E-state index is 0.352. The molecule has 0 atom stereocenters. The molecule has 2 aromatic rings. The summed E-state index contributed by atoms with van der Waals surface area (Å²) in [6, 6.07) is 11.3. The van der Waals surface area contributed by atoms with Crippen LogP contribution in [0.25, 0.3) is 0 Å². The highest BCUT2D eigenvalue weighted by atomic mass is 16.5. The highest BCUT2D eigenvalue weighted by Gasteiger charge is 2.05. The zero-order valence-corrected chi connectivity index (χ0v) is 12.1. The van der Waals surface area contributed by atoms with Crippen molar-refractivity contribution < 1.29 is 14.3 Å². The number of hydrogen-bond acceptors (Lipinski definition) is 5.